The Balaban J connectivity index is 2.07. The molecule has 0 amide bonds. The van der Waals surface area contributed by atoms with E-state index in [9.17, 15) is 13.2 Å². The highest BCUT2D eigenvalue weighted by Crippen LogP contribution is 2.27. The number of aromatic nitrogens is 3. The first kappa shape index (κ1) is 17.9. The summed E-state index contributed by atoms with van der Waals surface area (Å²) in [5.74, 6) is -0.756. The van der Waals surface area contributed by atoms with Crippen LogP contribution in [0.5, 0.6) is 0 Å². The summed E-state index contributed by atoms with van der Waals surface area (Å²) in [7, 11) is -2.92. The number of rotatable bonds is 5. The molecule has 0 atom stereocenters. The quantitative estimate of drug-likeness (QED) is 0.669. The Morgan fingerprint density at radius 3 is 2.69 bits per heavy atom. The third-order valence-electron chi connectivity index (χ3n) is 3.45. The van der Waals surface area contributed by atoms with Gasteiger partial charge >= 0.3 is 5.97 Å². The van der Waals surface area contributed by atoms with Crippen molar-refractivity contribution in [3.8, 4) is 5.69 Å². The number of esters is 1. The zero-order valence-corrected chi connectivity index (χ0v) is 15.0. The van der Waals surface area contributed by atoms with Crippen LogP contribution in [0.25, 0.3) is 5.69 Å². The molecule has 8 nitrogen and oxygen atoms in total. The summed E-state index contributed by atoms with van der Waals surface area (Å²) in [5.41, 5.74) is 0.528. The second kappa shape index (κ2) is 7.14. The number of sulfonamides is 1. The van der Waals surface area contributed by atoms with E-state index in [1.807, 2.05) is 0 Å². The highest BCUT2D eigenvalue weighted by atomic mass is 35.5. The third kappa shape index (κ3) is 3.53. The fraction of sp³-hybridized carbons (Fsp3) is 0.0625. The van der Waals surface area contributed by atoms with Crippen LogP contribution in [0.4, 0.5) is 5.69 Å². The summed E-state index contributed by atoms with van der Waals surface area (Å²) < 4.78 is 34.2. The van der Waals surface area contributed by atoms with E-state index in [1.54, 1.807) is 18.2 Å². The van der Waals surface area contributed by atoms with E-state index in [4.69, 9.17) is 11.6 Å². The van der Waals surface area contributed by atoms with Gasteiger partial charge in [-0.25, -0.2) is 22.9 Å². The third-order valence-corrected chi connectivity index (χ3v) is 5.11. The van der Waals surface area contributed by atoms with Crippen molar-refractivity contribution in [2.45, 2.75) is 4.90 Å². The summed E-state index contributed by atoms with van der Waals surface area (Å²) in [4.78, 5) is 15.5. The standard InChI is InChI=1S/C16H13ClN4O4S/c1-25-16(22)12-4-2-3-5-15(12)26(23,24)20-13-8-11(17)6-7-14(13)21-10-18-9-19-21/h2-10,20H,1H3. The van der Waals surface area contributed by atoms with Crippen LogP contribution in [0.3, 0.4) is 0 Å². The molecule has 2 aromatic carbocycles. The number of halogens is 1. The maximum Gasteiger partial charge on any atom is 0.339 e. The number of hydrogen-bond acceptors (Lipinski definition) is 6. The fourth-order valence-electron chi connectivity index (χ4n) is 2.30. The van der Waals surface area contributed by atoms with Gasteiger partial charge in [-0.2, -0.15) is 5.10 Å². The van der Waals surface area contributed by atoms with Crippen LogP contribution < -0.4 is 4.72 Å². The van der Waals surface area contributed by atoms with Gasteiger partial charge in [0.1, 0.15) is 17.6 Å². The minimum absolute atomic E-state index is 0.0770. The SMILES string of the molecule is COC(=O)c1ccccc1S(=O)(=O)Nc1cc(Cl)ccc1-n1cncn1. The van der Waals surface area contributed by atoms with Crippen LogP contribution in [0.15, 0.2) is 60.0 Å². The Labute approximate surface area is 154 Å². The van der Waals surface area contributed by atoms with E-state index < -0.39 is 16.0 Å². The molecule has 1 heterocycles. The van der Waals surface area contributed by atoms with Crippen molar-refractivity contribution in [3.63, 3.8) is 0 Å². The Kier molecular flexibility index (Phi) is 4.92. The van der Waals surface area contributed by atoms with E-state index in [1.165, 1.54) is 48.7 Å². The average molecular weight is 393 g/mol. The summed E-state index contributed by atoms with van der Waals surface area (Å²) in [6.07, 6.45) is 2.74. The molecule has 0 radical (unpaired) electrons. The molecule has 0 spiro atoms. The lowest BCUT2D eigenvalue weighted by Gasteiger charge is -2.14. The van der Waals surface area contributed by atoms with Crippen molar-refractivity contribution in [2.24, 2.45) is 0 Å². The molecule has 1 N–H and O–H groups in total. The molecule has 1 aromatic heterocycles. The van der Waals surface area contributed by atoms with Crippen molar-refractivity contribution >= 4 is 33.3 Å². The first-order chi connectivity index (χ1) is 12.4. The molecule has 0 bridgehead atoms. The molecule has 26 heavy (non-hydrogen) atoms. The Hall–Kier alpha value is -2.91. The molecular formula is C16H13ClN4O4S. The lowest BCUT2D eigenvalue weighted by molar-refractivity contribution is 0.0596. The van der Waals surface area contributed by atoms with Gasteiger partial charge in [-0.15, -0.1) is 0 Å². The number of nitrogens with zero attached hydrogens (tertiary/aromatic N) is 3. The number of anilines is 1. The normalized spacial score (nSPS) is 11.2. The first-order valence-corrected chi connectivity index (χ1v) is 9.13. The lowest BCUT2D eigenvalue weighted by Crippen LogP contribution is -2.18. The smallest absolute Gasteiger partial charge is 0.339 e. The minimum Gasteiger partial charge on any atom is -0.465 e. The molecule has 3 aromatic rings. The van der Waals surface area contributed by atoms with Crippen LogP contribution in [0.2, 0.25) is 5.02 Å². The molecule has 0 aliphatic carbocycles. The number of benzene rings is 2. The lowest BCUT2D eigenvalue weighted by atomic mass is 10.2. The van der Waals surface area contributed by atoms with Crippen LogP contribution in [0, 0.1) is 0 Å². The first-order valence-electron chi connectivity index (χ1n) is 7.27. The zero-order chi connectivity index (χ0) is 18.7. The molecule has 0 fully saturated rings. The van der Waals surface area contributed by atoms with Gasteiger partial charge in [0.25, 0.3) is 10.0 Å². The maximum atomic E-state index is 12.9. The van der Waals surface area contributed by atoms with Crippen molar-refractivity contribution < 1.29 is 17.9 Å². The van der Waals surface area contributed by atoms with E-state index in [0.29, 0.717) is 10.7 Å². The Morgan fingerprint density at radius 1 is 1.23 bits per heavy atom. The largest absolute Gasteiger partial charge is 0.465 e. The van der Waals surface area contributed by atoms with E-state index in [0.717, 1.165) is 0 Å². The second-order valence-corrected chi connectivity index (χ2v) is 7.18. The highest BCUT2D eigenvalue weighted by molar-refractivity contribution is 7.92. The number of ether oxygens (including phenoxy) is 1. The number of methoxy groups -OCH3 is 1. The molecule has 0 aliphatic heterocycles. The average Bonchev–Trinajstić information content (AvgIpc) is 3.15. The van der Waals surface area contributed by atoms with Gasteiger partial charge in [0.05, 0.1) is 24.0 Å². The summed E-state index contributed by atoms with van der Waals surface area (Å²) in [6, 6.07) is 10.4. The van der Waals surface area contributed by atoms with Gasteiger partial charge in [-0.05, 0) is 30.3 Å². The maximum absolute atomic E-state index is 12.9. The van der Waals surface area contributed by atoms with E-state index >= 15 is 0 Å². The molecule has 0 unspecified atom stereocenters. The highest BCUT2D eigenvalue weighted by Gasteiger charge is 2.24. The van der Waals surface area contributed by atoms with Crippen molar-refractivity contribution in [3.05, 3.63) is 65.7 Å². The second-order valence-electron chi connectivity index (χ2n) is 5.09. The van der Waals surface area contributed by atoms with Gasteiger partial charge < -0.3 is 4.74 Å². The number of nitrogens with one attached hydrogen (secondary N) is 1. The minimum atomic E-state index is -4.10. The van der Waals surface area contributed by atoms with Crippen LogP contribution in [-0.4, -0.2) is 36.3 Å². The van der Waals surface area contributed by atoms with Crippen molar-refractivity contribution in [1.29, 1.82) is 0 Å². The van der Waals surface area contributed by atoms with Gasteiger partial charge in [0, 0.05) is 5.02 Å². The number of carbonyl (C=O) groups is 1. The number of hydrogen-bond donors (Lipinski definition) is 1. The van der Waals surface area contributed by atoms with Gasteiger partial charge in [0.2, 0.25) is 0 Å². The van der Waals surface area contributed by atoms with Gasteiger partial charge in [-0.3, -0.25) is 4.72 Å². The van der Waals surface area contributed by atoms with Crippen molar-refractivity contribution in [1.82, 2.24) is 14.8 Å². The molecule has 0 saturated heterocycles. The Bertz CT molecular complexity index is 1050. The van der Waals surface area contributed by atoms with Crippen LogP contribution in [0.1, 0.15) is 10.4 Å². The molecule has 0 saturated carbocycles. The summed E-state index contributed by atoms with van der Waals surface area (Å²) in [5, 5.41) is 4.32. The van der Waals surface area contributed by atoms with E-state index in [2.05, 4.69) is 19.5 Å². The molecule has 134 valence electrons. The molecular weight excluding hydrogens is 380 g/mol. The fourth-order valence-corrected chi connectivity index (χ4v) is 3.74. The van der Waals surface area contributed by atoms with Crippen LogP contribution in [-0.2, 0) is 14.8 Å². The predicted octanol–water partition coefficient (Wildman–Crippen LogP) is 2.51. The zero-order valence-electron chi connectivity index (χ0n) is 13.5. The summed E-state index contributed by atoms with van der Waals surface area (Å²) >= 11 is 6.00. The Morgan fingerprint density at radius 2 is 2.00 bits per heavy atom. The predicted molar refractivity (Wildman–Crippen MR) is 95.0 cm³/mol. The van der Waals surface area contributed by atoms with Gasteiger partial charge in [0.15, 0.2) is 0 Å². The number of carbonyl (C=O) groups excluding carboxylic acids is 1. The molecule has 3 rings (SSSR count). The van der Waals surface area contributed by atoms with Gasteiger partial charge in [-0.1, -0.05) is 23.7 Å². The summed E-state index contributed by atoms with van der Waals surface area (Å²) in [6.45, 7) is 0. The van der Waals surface area contributed by atoms with E-state index in [-0.39, 0.29) is 16.1 Å². The molecule has 0 aliphatic rings. The monoisotopic (exact) mass is 392 g/mol. The van der Waals surface area contributed by atoms with Crippen LogP contribution >= 0.6 is 11.6 Å². The van der Waals surface area contributed by atoms with Crippen molar-refractivity contribution in [2.75, 3.05) is 11.8 Å². The molecule has 10 heteroatoms. The topological polar surface area (TPSA) is 103 Å².